The van der Waals surface area contributed by atoms with E-state index in [2.05, 4.69) is 29.1 Å². The van der Waals surface area contributed by atoms with Crippen molar-refractivity contribution >= 4 is 11.7 Å². The SMILES string of the molecule is C/C(=N\OCC(=O)OCc1nc(-c2ccc(C(C)C)cc2)no1)c1ccc2c(c1)OCO2. The summed E-state index contributed by atoms with van der Waals surface area (Å²) in [6.45, 7) is 5.72. The molecular formula is C23H23N3O6. The van der Waals surface area contributed by atoms with Crippen molar-refractivity contribution in [3.8, 4) is 22.9 Å². The fourth-order valence-electron chi connectivity index (χ4n) is 2.99. The third-order valence-electron chi connectivity index (χ3n) is 4.83. The highest BCUT2D eigenvalue weighted by Gasteiger charge is 2.15. The van der Waals surface area contributed by atoms with Gasteiger partial charge >= 0.3 is 5.97 Å². The number of fused-ring (bicyclic) bond motifs is 1. The maximum Gasteiger partial charge on any atom is 0.347 e. The van der Waals surface area contributed by atoms with E-state index in [1.165, 1.54) is 5.56 Å². The quantitative estimate of drug-likeness (QED) is 0.295. The van der Waals surface area contributed by atoms with Gasteiger partial charge in [0.1, 0.15) is 0 Å². The summed E-state index contributed by atoms with van der Waals surface area (Å²) in [5.41, 5.74) is 3.43. The Morgan fingerprint density at radius 1 is 1.12 bits per heavy atom. The van der Waals surface area contributed by atoms with Crippen LogP contribution in [-0.2, 0) is 21.0 Å². The lowest BCUT2D eigenvalue weighted by Crippen LogP contribution is -2.11. The molecule has 0 radical (unpaired) electrons. The van der Waals surface area contributed by atoms with Crippen LogP contribution in [0, 0.1) is 0 Å². The van der Waals surface area contributed by atoms with Gasteiger partial charge in [-0.15, -0.1) is 0 Å². The number of hydrogen-bond acceptors (Lipinski definition) is 9. The smallest absolute Gasteiger partial charge is 0.347 e. The summed E-state index contributed by atoms with van der Waals surface area (Å²) in [5, 5.41) is 7.88. The summed E-state index contributed by atoms with van der Waals surface area (Å²) in [7, 11) is 0. The van der Waals surface area contributed by atoms with Gasteiger partial charge in [-0.25, -0.2) is 4.79 Å². The van der Waals surface area contributed by atoms with E-state index in [-0.39, 0.29) is 25.9 Å². The van der Waals surface area contributed by atoms with E-state index in [4.69, 9.17) is 23.6 Å². The number of aromatic nitrogens is 2. The normalized spacial score (nSPS) is 12.8. The van der Waals surface area contributed by atoms with Crippen molar-refractivity contribution in [2.45, 2.75) is 33.3 Å². The van der Waals surface area contributed by atoms with Crippen molar-refractivity contribution in [3.63, 3.8) is 0 Å². The van der Waals surface area contributed by atoms with Gasteiger partial charge in [-0.3, -0.25) is 0 Å². The Morgan fingerprint density at radius 2 is 1.91 bits per heavy atom. The lowest BCUT2D eigenvalue weighted by Gasteiger charge is -2.04. The molecule has 166 valence electrons. The number of oxime groups is 1. The first-order chi connectivity index (χ1) is 15.5. The van der Waals surface area contributed by atoms with Crippen LogP contribution in [-0.4, -0.2) is 35.2 Å². The van der Waals surface area contributed by atoms with Crippen LogP contribution in [0.5, 0.6) is 11.5 Å². The minimum Gasteiger partial charge on any atom is -0.454 e. The van der Waals surface area contributed by atoms with Gasteiger partial charge in [-0.2, -0.15) is 4.98 Å². The summed E-state index contributed by atoms with van der Waals surface area (Å²) in [5.74, 6) is 1.80. The average molecular weight is 437 g/mol. The first kappa shape index (κ1) is 21.4. The highest BCUT2D eigenvalue weighted by molar-refractivity contribution is 5.99. The summed E-state index contributed by atoms with van der Waals surface area (Å²) < 4.78 is 20.9. The molecule has 1 aromatic heterocycles. The molecule has 0 aliphatic carbocycles. The van der Waals surface area contributed by atoms with Crippen LogP contribution < -0.4 is 9.47 Å². The van der Waals surface area contributed by atoms with Gasteiger partial charge in [0.25, 0.3) is 5.89 Å². The zero-order valence-electron chi connectivity index (χ0n) is 18.0. The van der Waals surface area contributed by atoms with Crippen molar-refractivity contribution in [1.29, 1.82) is 0 Å². The van der Waals surface area contributed by atoms with Crippen LogP contribution in [0.2, 0.25) is 0 Å². The third-order valence-corrected chi connectivity index (χ3v) is 4.83. The second kappa shape index (κ2) is 9.51. The Balaban J connectivity index is 1.25. The van der Waals surface area contributed by atoms with Gasteiger partial charge < -0.3 is 23.6 Å². The molecule has 0 spiro atoms. The highest BCUT2D eigenvalue weighted by atomic mass is 16.7. The largest absolute Gasteiger partial charge is 0.454 e. The molecule has 9 heteroatoms. The topological polar surface area (TPSA) is 105 Å². The third kappa shape index (κ3) is 5.05. The predicted molar refractivity (Wildman–Crippen MR) is 114 cm³/mol. The Morgan fingerprint density at radius 3 is 2.69 bits per heavy atom. The molecule has 9 nitrogen and oxygen atoms in total. The van der Waals surface area contributed by atoms with Crippen LogP contribution in [0.4, 0.5) is 0 Å². The number of nitrogens with zero attached hydrogens (tertiary/aromatic N) is 3. The zero-order valence-corrected chi connectivity index (χ0v) is 18.0. The number of ether oxygens (including phenoxy) is 3. The number of esters is 1. The Labute approximate surface area is 184 Å². The summed E-state index contributed by atoms with van der Waals surface area (Å²) >= 11 is 0. The summed E-state index contributed by atoms with van der Waals surface area (Å²) in [6.07, 6.45) is 0. The van der Waals surface area contributed by atoms with E-state index in [1.807, 2.05) is 30.3 Å². The molecule has 0 atom stereocenters. The minimum absolute atomic E-state index is 0.149. The average Bonchev–Trinajstić information content (AvgIpc) is 3.46. The Hall–Kier alpha value is -3.88. The summed E-state index contributed by atoms with van der Waals surface area (Å²) in [6, 6.07) is 13.3. The number of rotatable bonds is 8. The van der Waals surface area contributed by atoms with Gasteiger partial charge in [0.05, 0.1) is 5.71 Å². The lowest BCUT2D eigenvalue weighted by atomic mass is 10.0. The van der Waals surface area contributed by atoms with Gasteiger partial charge in [0.15, 0.2) is 18.1 Å². The minimum atomic E-state index is -0.603. The van der Waals surface area contributed by atoms with Crippen molar-refractivity contribution in [3.05, 3.63) is 59.5 Å². The molecule has 2 aromatic carbocycles. The van der Waals surface area contributed by atoms with E-state index in [1.54, 1.807) is 19.1 Å². The van der Waals surface area contributed by atoms with E-state index < -0.39 is 5.97 Å². The first-order valence-electron chi connectivity index (χ1n) is 10.1. The molecule has 0 fully saturated rings. The zero-order chi connectivity index (χ0) is 22.5. The number of carbonyl (C=O) groups is 1. The second-order valence-corrected chi connectivity index (χ2v) is 7.47. The molecule has 0 amide bonds. The molecule has 4 rings (SSSR count). The van der Waals surface area contributed by atoms with E-state index in [0.717, 1.165) is 11.1 Å². The molecule has 0 saturated heterocycles. The molecule has 3 aromatic rings. The van der Waals surface area contributed by atoms with Gasteiger partial charge in [0.2, 0.25) is 19.2 Å². The van der Waals surface area contributed by atoms with Crippen molar-refractivity contribution < 1.29 is 28.4 Å². The van der Waals surface area contributed by atoms with Crippen molar-refractivity contribution in [2.24, 2.45) is 5.16 Å². The standard InChI is InChI=1S/C23H23N3O6/c1-14(2)16-4-6-17(7-5-16)23-24-21(32-26-23)11-28-22(27)12-31-25-15(3)18-8-9-19-20(10-18)30-13-29-19/h4-10,14H,11-13H2,1-3H3/b25-15+. The molecule has 1 aliphatic rings. The van der Waals surface area contributed by atoms with E-state index in [0.29, 0.717) is 29.0 Å². The van der Waals surface area contributed by atoms with Crippen molar-refractivity contribution in [1.82, 2.24) is 10.1 Å². The molecule has 0 saturated carbocycles. The van der Waals surface area contributed by atoms with Crippen molar-refractivity contribution in [2.75, 3.05) is 13.4 Å². The fraction of sp³-hybridized carbons (Fsp3) is 0.304. The summed E-state index contributed by atoms with van der Waals surface area (Å²) in [4.78, 5) is 21.3. The molecular weight excluding hydrogens is 414 g/mol. The molecule has 2 heterocycles. The van der Waals surface area contributed by atoms with Crippen LogP contribution in [0.3, 0.4) is 0 Å². The van der Waals surface area contributed by atoms with Gasteiger partial charge in [0, 0.05) is 11.1 Å². The van der Waals surface area contributed by atoms with Crippen LogP contribution in [0.1, 0.15) is 43.7 Å². The van der Waals surface area contributed by atoms with Gasteiger partial charge in [-0.1, -0.05) is 48.4 Å². The van der Waals surface area contributed by atoms with Gasteiger partial charge in [-0.05, 0) is 36.6 Å². The number of hydrogen-bond donors (Lipinski definition) is 0. The number of carbonyl (C=O) groups excluding carboxylic acids is 1. The van der Waals surface area contributed by atoms with E-state index >= 15 is 0 Å². The lowest BCUT2D eigenvalue weighted by molar-refractivity contribution is -0.151. The van der Waals surface area contributed by atoms with Crippen LogP contribution in [0.25, 0.3) is 11.4 Å². The van der Waals surface area contributed by atoms with Crippen LogP contribution >= 0.6 is 0 Å². The molecule has 32 heavy (non-hydrogen) atoms. The fourth-order valence-corrected chi connectivity index (χ4v) is 2.99. The Kier molecular flexibility index (Phi) is 6.34. The first-order valence-corrected chi connectivity index (χ1v) is 10.1. The Bertz CT molecular complexity index is 1120. The molecule has 1 aliphatic heterocycles. The highest BCUT2D eigenvalue weighted by Crippen LogP contribution is 2.32. The maximum absolute atomic E-state index is 11.9. The predicted octanol–water partition coefficient (Wildman–Crippen LogP) is 4.07. The van der Waals surface area contributed by atoms with Crippen LogP contribution in [0.15, 0.2) is 52.1 Å². The monoisotopic (exact) mass is 437 g/mol. The van der Waals surface area contributed by atoms with E-state index in [9.17, 15) is 4.79 Å². The number of benzene rings is 2. The maximum atomic E-state index is 11.9. The second-order valence-electron chi connectivity index (χ2n) is 7.47. The molecule has 0 unspecified atom stereocenters. The molecule has 0 N–H and O–H groups in total. The molecule has 0 bridgehead atoms.